The van der Waals surface area contributed by atoms with E-state index in [2.05, 4.69) is 15.3 Å². The van der Waals surface area contributed by atoms with Crippen molar-refractivity contribution < 1.29 is 9.53 Å². The Morgan fingerprint density at radius 3 is 2.84 bits per heavy atom. The van der Waals surface area contributed by atoms with Gasteiger partial charge in [-0.3, -0.25) is 9.78 Å². The highest BCUT2D eigenvalue weighted by Gasteiger charge is 2.14. The van der Waals surface area contributed by atoms with Crippen molar-refractivity contribution in [3.05, 3.63) is 77.2 Å². The molecule has 0 aliphatic heterocycles. The lowest BCUT2D eigenvalue weighted by Gasteiger charge is -2.16. The van der Waals surface area contributed by atoms with Crippen LogP contribution in [0.5, 0.6) is 5.75 Å². The molecule has 0 aliphatic carbocycles. The SMILES string of the molecule is Cc1cc(-n2ccnc2)c2cccc(OCc3c(Cl)cncc3CNC(=O)C(C)C)c2n1. The number of nitrogens with zero attached hydrogens (tertiary/aromatic N) is 4. The summed E-state index contributed by atoms with van der Waals surface area (Å²) in [6.07, 6.45) is 8.68. The second-order valence-corrected chi connectivity index (χ2v) is 8.23. The van der Waals surface area contributed by atoms with Crippen LogP contribution in [0.25, 0.3) is 16.6 Å². The number of hydrogen-bond donors (Lipinski definition) is 1. The molecule has 0 radical (unpaired) electrons. The molecule has 1 amide bonds. The number of ether oxygens (including phenoxy) is 1. The zero-order chi connectivity index (χ0) is 22.7. The number of para-hydroxylation sites is 1. The number of amides is 1. The Balaban J connectivity index is 1.64. The molecular weight excluding hydrogens is 426 g/mol. The number of rotatable bonds is 7. The summed E-state index contributed by atoms with van der Waals surface area (Å²) in [4.78, 5) is 25.0. The first-order chi connectivity index (χ1) is 15.4. The highest BCUT2D eigenvalue weighted by molar-refractivity contribution is 6.31. The van der Waals surface area contributed by atoms with E-state index in [9.17, 15) is 4.79 Å². The van der Waals surface area contributed by atoms with Gasteiger partial charge in [-0.1, -0.05) is 37.6 Å². The van der Waals surface area contributed by atoms with Crippen molar-refractivity contribution in [2.24, 2.45) is 5.92 Å². The van der Waals surface area contributed by atoms with Crippen molar-refractivity contribution in [3.8, 4) is 11.4 Å². The van der Waals surface area contributed by atoms with Gasteiger partial charge in [0.1, 0.15) is 17.9 Å². The highest BCUT2D eigenvalue weighted by atomic mass is 35.5. The summed E-state index contributed by atoms with van der Waals surface area (Å²) in [5.41, 5.74) is 4.21. The first-order valence-electron chi connectivity index (χ1n) is 10.3. The Morgan fingerprint density at radius 2 is 2.09 bits per heavy atom. The third kappa shape index (κ3) is 4.57. The van der Waals surface area contributed by atoms with Gasteiger partial charge in [-0.25, -0.2) is 9.97 Å². The second kappa shape index (κ2) is 9.36. The van der Waals surface area contributed by atoms with E-state index in [-0.39, 0.29) is 18.4 Å². The largest absolute Gasteiger partial charge is 0.487 e. The lowest BCUT2D eigenvalue weighted by molar-refractivity contribution is -0.124. The molecule has 0 spiro atoms. The molecule has 8 heteroatoms. The highest BCUT2D eigenvalue weighted by Crippen LogP contribution is 2.30. The zero-order valence-electron chi connectivity index (χ0n) is 18.2. The number of aryl methyl sites for hydroxylation is 1. The standard InChI is InChI=1S/C24H24ClN5O2/c1-15(2)24(31)28-11-17-10-27-12-20(25)19(17)13-32-22-6-4-5-18-21(30-8-7-26-14-30)9-16(3)29-23(18)22/h4-10,12,14-15H,11,13H2,1-3H3,(H,28,31). The molecule has 32 heavy (non-hydrogen) atoms. The molecular formula is C24H24ClN5O2. The van der Waals surface area contributed by atoms with Gasteiger partial charge >= 0.3 is 0 Å². The molecule has 164 valence electrons. The predicted molar refractivity (Wildman–Crippen MR) is 124 cm³/mol. The van der Waals surface area contributed by atoms with Gasteiger partial charge in [-0.2, -0.15) is 0 Å². The molecule has 0 atom stereocenters. The normalized spacial score (nSPS) is 11.2. The summed E-state index contributed by atoms with van der Waals surface area (Å²) in [5.74, 6) is 0.520. The number of benzene rings is 1. The van der Waals surface area contributed by atoms with Crippen LogP contribution in [-0.2, 0) is 17.9 Å². The van der Waals surface area contributed by atoms with Crippen LogP contribution in [0, 0.1) is 12.8 Å². The van der Waals surface area contributed by atoms with Gasteiger partial charge in [0.2, 0.25) is 5.91 Å². The van der Waals surface area contributed by atoms with Crippen LogP contribution in [0.2, 0.25) is 5.02 Å². The zero-order valence-corrected chi connectivity index (χ0v) is 18.9. The van der Waals surface area contributed by atoms with Crippen molar-refractivity contribution in [2.75, 3.05) is 0 Å². The van der Waals surface area contributed by atoms with Crippen LogP contribution in [-0.4, -0.2) is 25.4 Å². The first-order valence-corrected chi connectivity index (χ1v) is 10.7. The predicted octanol–water partition coefficient (Wildman–Crippen LogP) is 4.63. The van der Waals surface area contributed by atoms with Gasteiger partial charge < -0.3 is 14.6 Å². The molecule has 4 rings (SSSR count). The van der Waals surface area contributed by atoms with E-state index in [1.54, 1.807) is 24.9 Å². The fourth-order valence-electron chi connectivity index (χ4n) is 3.41. The molecule has 0 fully saturated rings. The Bertz CT molecular complexity index is 1250. The molecule has 0 aliphatic rings. The maximum absolute atomic E-state index is 12.0. The average molecular weight is 450 g/mol. The summed E-state index contributed by atoms with van der Waals surface area (Å²) in [6, 6.07) is 7.86. The van der Waals surface area contributed by atoms with Crippen molar-refractivity contribution >= 4 is 28.4 Å². The fraction of sp³-hybridized carbons (Fsp3) is 0.250. The van der Waals surface area contributed by atoms with Crippen molar-refractivity contribution in [2.45, 2.75) is 33.9 Å². The molecule has 3 heterocycles. The Hall–Kier alpha value is -3.45. The Labute approximate surface area is 191 Å². The minimum atomic E-state index is -0.100. The number of halogens is 1. The van der Waals surface area contributed by atoms with Gasteiger partial charge in [0.25, 0.3) is 0 Å². The lowest BCUT2D eigenvalue weighted by Crippen LogP contribution is -2.27. The van der Waals surface area contributed by atoms with Crippen molar-refractivity contribution in [1.82, 2.24) is 24.8 Å². The number of pyridine rings is 2. The Morgan fingerprint density at radius 1 is 1.25 bits per heavy atom. The van der Waals surface area contributed by atoms with Crippen LogP contribution < -0.4 is 10.1 Å². The quantitative estimate of drug-likeness (QED) is 0.445. The summed E-state index contributed by atoms with van der Waals surface area (Å²) in [7, 11) is 0. The minimum absolute atomic E-state index is 0.0300. The maximum atomic E-state index is 12.0. The fourth-order valence-corrected chi connectivity index (χ4v) is 3.64. The van der Waals surface area contributed by atoms with E-state index >= 15 is 0 Å². The third-order valence-electron chi connectivity index (χ3n) is 5.13. The van der Waals surface area contributed by atoms with E-state index < -0.39 is 0 Å². The molecule has 1 aromatic carbocycles. The van der Waals surface area contributed by atoms with Crippen LogP contribution in [0.4, 0.5) is 0 Å². The lowest BCUT2D eigenvalue weighted by atomic mass is 10.1. The van der Waals surface area contributed by atoms with Gasteiger partial charge in [-0.05, 0) is 24.6 Å². The van der Waals surface area contributed by atoms with Crippen LogP contribution >= 0.6 is 11.6 Å². The van der Waals surface area contributed by atoms with Crippen LogP contribution in [0.1, 0.15) is 30.7 Å². The van der Waals surface area contributed by atoms with E-state index in [4.69, 9.17) is 21.3 Å². The average Bonchev–Trinajstić information content (AvgIpc) is 3.31. The topological polar surface area (TPSA) is 81.9 Å². The first kappa shape index (κ1) is 21.8. The molecule has 0 unspecified atom stereocenters. The van der Waals surface area contributed by atoms with Crippen LogP contribution in [0.15, 0.2) is 55.4 Å². The number of hydrogen-bond acceptors (Lipinski definition) is 5. The van der Waals surface area contributed by atoms with E-state index in [1.807, 2.05) is 55.8 Å². The van der Waals surface area contributed by atoms with Crippen molar-refractivity contribution in [3.63, 3.8) is 0 Å². The van der Waals surface area contributed by atoms with E-state index in [0.717, 1.165) is 33.4 Å². The number of aromatic nitrogens is 4. The number of carbonyl (C=O) groups excluding carboxylic acids is 1. The van der Waals surface area contributed by atoms with Crippen molar-refractivity contribution in [1.29, 1.82) is 0 Å². The molecule has 0 bridgehead atoms. The smallest absolute Gasteiger partial charge is 0.222 e. The van der Waals surface area contributed by atoms with Gasteiger partial charge in [-0.15, -0.1) is 0 Å². The number of nitrogens with one attached hydrogen (secondary N) is 1. The van der Waals surface area contributed by atoms with Gasteiger partial charge in [0.15, 0.2) is 0 Å². The monoisotopic (exact) mass is 449 g/mol. The molecule has 4 aromatic rings. The maximum Gasteiger partial charge on any atom is 0.222 e. The summed E-state index contributed by atoms with van der Waals surface area (Å²) in [5, 5.41) is 4.36. The van der Waals surface area contributed by atoms with E-state index in [0.29, 0.717) is 17.3 Å². The van der Waals surface area contributed by atoms with E-state index in [1.165, 1.54) is 0 Å². The van der Waals surface area contributed by atoms with Gasteiger partial charge in [0.05, 0.1) is 17.0 Å². The number of imidazole rings is 1. The Kier molecular flexibility index (Phi) is 6.37. The summed E-state index contributed by atoms with van der Waals surface area (Å²) in [6.45, 7) is 6.21. The third-order valence-corrected chi connectivity index (χ3v) is 5.46. The van der Waals surface area contributed by atoms with Crippen LogP contribution in [0.3, 0.4) is 0 Å². The second-order valence-electron chi connectivity index (χ2n) is 7.83. The summed E-state index contributed by atoms with van der Waals surface area (Å²) >= 11 is 6.43. The van der Waals surface area contributed by atoms with Gasteiger partial charge in [0, 0.05) is 53.9 Å². The molecule has 7 nitrogen and oxygen atoms in total. The minimum Gasteiger partial charge on any atom is -0.487 e. The molecule has 3 aromatic heterocycles. The number of fused-ring (bicyclic) bond motifs is 1. The summed E-state index contributed by atoms with van der Waals surface area (Å²) < 4.78 is 8.15. The molecule has 0 saturated heterocycles. The molecule has 0 saturated carbocycles. The number of carbonyl (C=O) groups is 1. The molecule has 1 N–H and O–H groups in total.